The Morgan fingerprint density at radius 3 is 2.24 bits per heavy atom. The van der Waals surface area contributed by atoms with Gasteiger partial charge in [-0.05, 0) is 42.5 Å². The predicted molar refractivity (Wildman–Crippen MR) is 95.9 cm³/mol. The minimum absolute atomic E-state index is 0.241. The van der Waals surface area contributed by atoms with E-state index in [1.165, 1.54) is 20.3 Å². The average molecular weight is 386 g/mol. The molecule has 2 rings (SSSR count). The van der Waals surface area contributed by atoms with Crippen molar-refractivity contribution in [3.63, 3.8) is 0 Å². The Balaban J connectivity index is 1.87. The third-order valence-electron chi connectivity index (χ3n) is 3.11. The molecule has 0 fully saturated rings. The maximum absolute atomic E-state index is 11.9. The van der Waals surface area contributed by atoms with Gasteiger partial charge in [0.2, 0.25) is 0 Å². The number of carbonyl (C=O) groups is 1. The van der Waals surface area contributed by atoms with Gasteiger partial charge in [-0.15, -0.1) is 0 Å². The maximum Gasteiger partial charge on any atom is 0.417 e. The second-order valence-electron chi connectivity index (χ2n) is 4.83. The smallest absolute Gasteiger partial charge is 0.417 e. The molecule has 8 heteroatoms. The predicted octanol–water partition coefficient (Wildman–Crippen LogP) is 4.60. The molecule has 0 spiro atoms. The van der Waals surface area contributed by atoms with E-state index >= 15 is 0 Å². The van der Waals surface area contributed by atoms with Gasteiger partial charge in [-0.25, -0.2) is 4.79 Å². The molecule has 0 aliphatic heterocycles. The van der Waals surface area contributed by atoms with Crippen molar-refractivity contribution in [3.8, 4) is 11.5 Å². The third-order valence-corrected chi connectivity index (χ3v) is 3.85. The van der Waals surface area contributed by atoms with E-state index in [0.29, 0.717) is 27.2 Å². The van der Waals surface area contributed by atoms with Crippen molar-refractivity contribution in [3.05, 3.63) is 52.5 Å². The number of rotatable bonds is 7. The molecule has 6 nitrogen and oxygen atoms in total. The molecule has 0 heterocycles. The Bertz CT molecular complexity index is 705. The van der Waals surface area contributed by atoms with Crippen molar-refractivity contribution < 1.29 is 23.7 Å². The van der Waals surface area contributed by atoms with Crippen molar-refractivity contribution in [2.24, 2.45) is 0 Å². The normalized spacial score (nSPS) is 10.6. The van der Waals surface area contributed by atoms with E-state index in [9.17, 15) is 4.79 Å². The van der Waals surface area contributed by atoms with Gasteiger partial charge in [0, 0.05) is 19.9 Å². The number of halogens is 2. The number of methoxy groups -OCH3 is 2. The molecule has 1 amide bonds. The molecule has 0 aliphatic carbocycles. The zero-order valence-electron chi connectivity index (χ0n) is 13.6. The third kappa shape index (κ3) is 6.10. The van der Waals surface area contributed by atoms with E-state index in [4.69, 9.17) is 42.1 Å². The van der Waals surface area contributed by atoms with E-state index < -0.39 is 12.4 Å². The van der Waals surface area contributed by atoms with Crippen LogP contribution in [-0.2, 0) is 9.47 Å². The number of nitrogens with one attached hydrogen (secondary N) is 1. The highest BCUT2D eigenvalue weighted by molar-refractivity contribution is 6.42. The second-order valence-corrected chi connectivity index (χ2v) is 5.64. The first-order valence-corrected chi connectivity index (χ1v) is 7.99. The highest BCUT2D eigenvalue weighted by atomic mass is 35.5. The van der Waals surface area contributed by atoms with Crippen LogP contribution in [0.15, 0.2) is 42.5 Å². The molecule has 0 unspecified atom stereocenters. The van der Waals surface area contributed by atoms with Crippen LogP contribution in [0.3, 0.4) is 0 Å². The van der Waals surface area contributed by atoms with E-state index in [1.807, 2.05) is 0 Å². The first-order chi connectivity index (χ1) is 12.0. The molecule has 0 aliphatic rings. The van der Waals surface area contributed by atoms with Crippen LogP contribution in [0.5, 0.6) is 11.5 Å². The zero-order chi connectivity index (χ0) is 18.2. The molecule has 25 heavy (non-hydrogen) atoms. The minimum Gasteiger partial charge on any atom is -0.488 e. The van der Waals surface area contributed by atoms with Gasteiger partial charge >= 0.3 is 6.09 Å². The monoisotopic (exact) mass is 385 g/mol. The minimum atomic E-state index is -0.647. The number of amides is 1. The molecular formula is C17H17Cl2NO5. The van der Waals surface area contributed by atoms with Crippen molar-refractivity contribution in [1.82, 2.24) is 0 Å². The lowest BCUT2D eigenvalue weighted by atomic mass is 10.3. The van der Waals surface area contributed by atoms with Crippen LogP contribution in [0.4, 0.5) is 10.5 Å². The number of anilines is 1. The quantitative estimate of drug-likeness (QED) is 0.705. The van der Waals surface area contributed by atoms with Crippen LogP contribution in [0.25, 0.3) is 0 Å². The molecule has 2 aromatic carbocycles. The lowest BCUT2D eigenvalue weighted by Crippen LogP contribution is -2.22. The van der Waals surface area contributed by atoms with Gasteiger partial charge in [0.25, 0.3) is 0 Å². The lowest BCUT2D eigenvalue weighted by Gasteiger charge is -2.14. The van der Waals surface area contributed by atoms with Crippen LogP contribution in [-0.4, -0.2) is 33.2 Å². The largest absolute Gasteiger partial charge is 0.488 e. The Morgan fingerprint density at radius 1 is 1.00 bits per heavy atom. The summed E-state index contributed by atoms with van der Waals surface area (Å²) in [5.74, 6) is 0.955. The zero-order valence-corrected chi connectivity index (χ0v) is 15.1. The van der Waals surface area contributed by atoms with E-state index in [1.54, 1.807) is 36.4 Å². The molecule has 134 valence electrons. The SMILES string of the molecule is COC(COc1ccc(OC(=O)Nc2ccc(Cl)c(Cl)c2)cc1)OC. The summed E-state index contributed by atoms with van der Waals surface area (Å²) in [5, 5.41) is 3.30. The summed E-state index contributed by atoms with van der Waals surface area (Å²) in [6.07, 6.45) is -1.10. The number of ether oxygens (including phenoxy) is 4. The molecular weight excluding hydrogens is 369 g/mol. The van der Waals surface area contributed by atoms with Crippen LogP contribution < -0.4 is 14.8 Å². The van der Waals surface area contributed by atoms with E-state index in [0.717, 1.165) is 0 Å². The van der Waals surface area contributed by atoms with Gasteiger partial charge in [0.15, 0.2) is 6.29 Å². The highest BCUT2D eigenvalue weighted by Gasteiger charge is 2.08. The number of benzene rings is 2. The molecule has 0 aromatic heterocycles. The molecule has 0 saturated carbocycles. The molecule has 0 saturated heterocycles. The molecule has 0 radical (unpaired) electrons. The highest BCUT2D eigenvalue weighted by Crippen LogP contribution is 2.25. The molecule has 1 N–H and O–H groups in total. The van der Waals surface area contributed by atoms with Crippen LogP contribution in [0, 0.1) is 0 Å². The Kier molecular flexibility index (Phi) is 7.33. The summed E-state index contributed by atoms with van der Waals surface area (Å²) >= 11 is 11.7. The number of carbonyl (C=O) groups excluding carboxylic acids is 1. The van der Waals surface area contributed by atoms with Gasteiger partial charge in [-0.3, -0.25) is 5.32 Å². The van der Waals surface area contributed by atoms with Gasteiger partial charge in [0.1, 0.15) is 18.1 Å². The van der Waals surface area contributed by atoms with Crippen LogP contribution >= 0.6 is 23.2 Å². The first-order valence-electron chi connectivity index (χ1n) is 7.24. The van der Waals surface area contributed by atoms with Gasteiger partial charge in [-0.1, -0.05) is 23.2 Å². The van der Waals surface area contributed by atoms with Gasteiger partial charge < -0.3 is 18.9 Å². The Morgan fingerprint density at radius 2 is 1.64 bits per heavy atom. The van der Waals surface area contributed by atoms with Crippen molar-refractivity contribution in [2.75, 3.05) is 26.1 Å². The summed E-state index contributed by atoms with van der Waals surface area (Å²) in [5.41, 5.74) is 0.476. The van der Waals surface area contributed by atoms with Gasteiger partial charge in [-0.2, -0.15) is 0 Å². The van der Waals surface area contributed by atoms with Crippen LogP contribution in [0.1, 0.15) is 0 Å². The fourth-order valence-electron chi connectivity index (χ4n) is 1.82. The molecule has 0 bridgehead atoms. The van der Waals surface area contributed by atoms with Crippen molar-refractivity contribution in [1.29, 1.82) is 0 Å². The summed E-state index contributed by atoms with van der Waals surface area (Å²) in [4.78, 5) is 11.9. The maximum atomic E-state index is 11.9. The first kappa shape index (κ1) is 19.3. The van der Waals surface area contributed by atoms with Crippen molar-refractivity contribution >= 4 is 35.0 Å². The fraction of sp³-hybridized carbons (Fsp3) is 0.235. The summed E-state index contributed by atoms with van der Waals surface area (Å²) in [6.45, 7) is 0.241. The lowest BCUT2D eigenvalue weighted by molar-refractivity contribution is -0.121. The number of hydrogen-bond acceptors (Lipinski definition) is 5. The fourth-order valence-corrected chi connectivity index (χ4v) is 2.12. The summed E-state index contributed by atoms with van der Waals surface area (Å²) in [7, 11) is 3.06. The summed E-state index contributed by atoms with van der Waals surface area (Å²) < 4.78 is 20.7. The van der Waals surface area contributed by atoms with Crippen molar-refractivity contribution in [2.45, 2.75) is 6.29 Å². The van der Waals surface area contributed by atoms with E-state index in [-0.39, 0.29) is 6.61 Å². The number of hydrogen-bond donors (Lipinski definition) is 1. The van der Waals surface area contributed by atoms with E-state index in [2.05, 4.69) is 5.32 Å². The summed E-state index contributed by atoms with van der Waals surface area (Å²) in [6, 6.07) is 11.3. The molecule has 2 aromatic rings. The Labute approximate surface area is 155 Å². The molecule has 0 atom stereocenters. The van der Waals surface area contributed by atoms with Crippen LogP contribution in [0.2, 0.25) is 10.0 Å². The topological polar surface area (TPSA) is 66.0 Å². The Hall–Kier alpha value is -1.99. The second kappa shape index (κ2) is 9.48. The van der Waals surface area contributed by atoms with Gasteiger partial charge in [0.05, 0.1) is 10.0 Å². The standard InChI is InChI=1S/C17H17Cl2NO5/c1-22-16(23-2)10-24-12-4-6-13(7-5-12)25-17(21)20-11-3-8-14(18)15(19)9-11/h3-9,16H,10H2,1-2H3,(H,20,21). The average Bonchev–Trinajstić information content (AvgIpc) is 2.60.